The molecule has 3 rings (SSSR count). The van der Waals surface area contributed by atoms with Crippen LogP contribution in [0.25, 0.3) is 6.08 Å². The van der Waals surface area contributed by atoms with Crippen molar-refractivity contribution in [2.45, 2.75) is 39.2 Å². The first-order valence-electron chi connectivity index (χ1n) is 10.1. The summed E-state index contributed by atoms with van der Waals surface area (Å²) in [6.07, 6.45) is 6.99. The lowest BCUT2D eigenvalue weighted by molar-refractivity contribution is -0.136. The lowest BCUT2D eigenvalue weighted by Gasteiger charge is -2.37. The van der Waals surface area contributed by atoms with Gasteiger partial charge in [-0.2, -0.15) is 0 Å². The molecule has 1 unspecified atom stereocenters. The maximum Gasteiger partial charge on any atom is 0.246 e. The van der Waals surface area contributed by atoms with Gasteiger partial charge in [-0.05, 0) is 44.7 Å². The van der Waals surface area contributed by atoms with Crippen molar-refractivity contribution >= 4 is 17.9 Å². The summed E-state index contributed by atoms with van der Waals surface area (Å²) < 4.78 is 0. The van der Waals surface area contributed by atoms with Gasteiger partial charge in [0, 0.05) is 44.8 Å². The van der Waals surface area contributed by atoms with Gasteiger partial charge in [0.05, 0.1) is 6.54 Å². The Morgan fingerprint density at radius 2 is 1.89 bits per heavy atom. The molecule has 0 aromatic heterocycles. The molecular weight excluding hydrogens is 338 g/mol. The second-order valence-corrected chi connectivity index (χ2v) is 7.78. The first-order chi connectivity index (χ1) is 13.0. The van der Waals surface area contributed by atoms with Crippen LogP contribution in [-0.2, 0) is 9.59 Å². The molecule has 0 spiro atoms. The first kappa shape index (κ1) is 19.6. The predicted molar refractivity (Wildman–Crippen MR) is 108 cm³/mol. The predicted octanol–water partition coefficient (Wildman–Crippen LogP) is 2.55. The molecule has 0 radical (unpaired) electrons. The summed E-state index contributed by atoms with van der Waals surface area (Å²) in [5, 5.41) is 0. The van der Waals surface area contributed by atoms with Gasteiger partial charge in [-0.25, -0.2) is 0 Å². The molecule has 5 nitrogen and oxygen atoms in total. The van der Waals surface area contributed by atoms with Crippen molar-refractivity contribution in [3.63, 3.8) is 0 Å². The zero-order valence-corrected chi connectivity index (χ0v) is 16.6. The van der Waals surface area contributed by atoms with Crippen molar-refractivity contribution in [3.05, 3.63) is 41.5 Å². The Morgan fingerprint density at radius 3 is 2.59 bits per heavy atom. The largest absolute Gasteiger partial charge is 0.339 e. The number of amides is 2. The van der Waals surface area contributed by atoms with Crippen LogP contribution in [0.4, 0.5) is 0 Å². The summed E-state index contributed by atoms with van der Waals surface area (Å²) in [6, 6.07) is 8.47. The second kappa shape index (κ2) is 9.18. The molecule has 146 valence electrons. The van der Waals surface area contributed by atoms with Crippen molar-refractivity contribution in [2.75, 3.05) is 39.3 Å². The number of rotatable bonds is 4. The van der Waals surface area contributed by atoms with Crippen LogP contribution in [0, 0.1) is 6.92 Å². The smallest absolute Gasteiger partial charge is 0.246 e. The molecule has 1 atom stereocenters. The quantitative estimate of drug-likeness (QED) is 0.766. The van der Waals surface area contributed by atoms with Crippen LogP contribution in [0.3, 0.4) is 0 Å². The fraction of sp³-hybridized carbons (Fsp3) is 0.545. The number of carbonyl (C=O) groups excluding carboxylic acids is 2. The third-order valence-corrected chi connectivity index (χ3v) is 5.63. The highest BCUT2D eigenvalue weighted by atomic mass is 16.2. The van der Waals surface area contributed by atoms with E-state index in [9.17, 15) is 9.59 Å². The lowest BCUT2D eigenvalue weighted by atomic mass is 10.0. The number of piperazine rings is 1. The molecule has 2 fully saturated rings. The monoisotopic (exact) mass is 369 g/mol. The van der Waals surface area contributed by atoms with Gasteiger partial charge in [0.25, 0.3) is 0 Å². The summed E-state index contributed by atoms with van der Waals surface area (Å²) in [7, 11) is 0. The second-order valence-electron chi connectivity index (χ2n) is 7.78. The minimum absolute atomic E-state index is 0.0483. The van der Waals surface area contributed by atoms with E-state index >= 15 is 0 Å². The van der Waals surface area contributed by atoms with Crippen LogP contribution in [0.2, 0.25) is 0 Å². The molecule has 2 aliphatic heterocycles. The topological polar surface area (TPSA) is 43.9 Å². The Labute approximate surface area is 162 Å². The molecule has 0 N–H and O–H groups in total. The molecule has 2 aliphatic rings. The first-order valence-corrected chi connectivity index (χ1v) is 10.1. The Hall–Kier alpha value is -2.14. The van der Waals surface area contributed by atoms with Crippen LogP contribution < -0.4 is 0 Å². The van der Waals surface area contributed by atoms with Gasteiger partial charge in [0.2, 0.25) is 11.8 Å². The highest BCUT2D eigenvalue weighted by Gasteiger charge is 2.26. The molecule has 1 aromatic rings. The van der Waals surface area contributed by atoms with Crippen molar-refractivity contribution in [1.82, 2.24) is 14.7 Å². The minimum atomic E-state index is 0.0483. The number of hydrogen-bond acceptors (Lipinski definition) is 3. The lowest BCUT2D eigenvalue weighted by Crippen LogP contribution is -2.52. The Bertz CT molecular complexity index is 693. The van der Waals surface area contributed by atoms with E-state index < -0.39 is 0 Å². The van der Waals surface area contributed by atoms with E-state index in [0.717, 1.165) is 38.0 Å². The van der Waals surface area contributed by atoms with Gasteiger partial charge >= 0.3 is 0 Å². The minimum Gasteiger partial charge on any atom is -0.339 e. The summed E-state index contributed by atoms with van der Waals surface area (Å²) >= 11 is 0. The zero-order chi connectivity index (χ0) is 19.2. The van der Waals surface area contributed by atoms with Crippen molar-refractivity contribution < 1.29 is 9.59 Å². The van der Waals surface area contributed by atoms with Gasteiger partial charge in [-0.15, -0.1) is 0 Å². The van der Waals surface area contributed by atoms with E-state index in [1.165, 1.54) is 12.0 Å². The maximum absolute atomic E-state index is 12.6. The molecule has 1 aromatic carbocycles. The van der Waals surface area contributed by atoms with Crippen molar-refractivity contribution in [3.8, 4) is 0 Å². The van der Waals surface area contributed by atoms with Gasteiger partial charge < -0.3 is 9.80 Å². The third-order valence-electron chi connectivity index (χ3n) is 5.63. The Balaban J connectivity index is 1.45. The van der Waals surface area contributed by atoms with E-state index in [2.05, 4.69) is 17.9 Å². The molecule has 2 saturated heterocycles. The van der Waals surface area contributed by atoms with E-state index in [1.54, 1.807) is 6.08 Å². The molecule has 2 amide bonds. The van der Waals surface area contributed by atoms with E-state index in [-0.39, 0.29) is 11.8 Å². The van der Waals surface area contributed by atoms with Gasteiger partial charge in [-0.3, -0.25) is 14.5 Å². The summed E-state index contributed by atoms with van der Waals surface area (Å²) in [5.74, 6) is 0.286. The standard InChI is InChI=1S/C22H31N3O2/c1-18-6-5-8-20(16-18)9-10-21(26)24-14-12-23(13-15-24)17-22(27)25-11-4-3-7-19(25)2/h5-6,8-10,16,19H,3-4,7,11-15,17H2,1-2H3/b10-9+. The maximum atomic E-state index is 12.6. The number of nitrogens with zero attached hydrogens (tertiary/aromatic N) is 3. The van der Waals surface area contributed by atoms with E-state index in [4.69, 9.17) is 0 Å². The average molecular weight is 370 g/mol. The van der Waals surface area contributed by atoms with Crippen molar-refractivity contribution in [2.24, 2.45) is 0 Å². The number of benzene rings is 1. The number of aryl methyl sites for hydroxylation is 1. The van der Waals surface area contributed by atoms with Crippen LogP contribution in [0.5, 0.6) is 0 Å². The molecule has 2 heterocycles. The van der Waals surface area contributed by atoms with Gasteiger partial charge in [0.1, 0.15) is 0 Å². The van der Waals surface area contributed by atoms with Crippen LogP contribution in [0.15, 0.2) is 30.3 Å². The zero-order valence-electron chi connectivity index (χ0n) is 16.6. The Kier molecular flexibility index (Phi) is 6.67. The fourth-order valence-electron chi connectivity index (χ4n) is 3.92. The number of likely N-dealkylation sites (tertiary alicyclic amines) is 1. The molecule has 5 heteroatoms. The summed E-state index contributed by atoms with van der Waals surface area (Å²) in [4.78, 5) is 31.1. The van der Waals surface area contributed by atoms with E-state index in [0.29, 0.717) is 25.7 Å². The van der Waals surface area contributed by atoms with Gasteiger partial charge in [-0.1, -0.05) is 29.8 Å². The molecule has 27 heavy (non-hydrogen) atoms. The Morgan fingerprint density at radius 1 is 1.11 bits per heavy atom. The summed E-state index contributed by atoms with van der Waals surface area (Å²) in [6.45, 7) is 8.45. The molecular formula is C22H31N3O2. The molecule has 0 bridgehead atoms. The SMILES string of the molecule is Cc1cccc(/C=C/C(=O)N2CCN(CC(=O)N3CCCCC3C)CC2)c1. The summed E-state index contributed by atoms with van der Waals surface area (Å²) in [5.41, 5.74) is 2.23. The van der Waals surface area contributed by atoms with Crippen molar-refractivity contribution in [1.29, 1.82) is 0 Å². The molecule has 0 saturated carbocycles. The fourth-order valence-corrected chi connectivity index (χ4v) is 3.92. The highest BCUT2D eigenvalue weighted by Crippen LogP contribution is 2.17. The number of hydrogen-bond donors (Lipinski definition) is 0. The average Bonchev–Trinajstić information content (AvgIpc) is 2.67. The van der Waals surface area contributed by atoms with E-state index in [1.807, 2.05) is 41.0 Å². The third kappa shape index (κ3) is 5.42. The normalized spacial score (nSPS) is 21.6. The van der Waals surface area contributed by atoms with Crippen LogP contribution >= 0.6 is 0 Å². The van der Waals surface area contributed by atoms with Gasteiger partial charge in [0.15, 0.2) is 0 Å². The van der Waals surface area contributed by atoms with Crippen LogP contribution in [0.1, 0.15) is 37.3 Å². The number of carbonyl (C=O) groups is 2. The number of piperidine rings is 1. The van der Waals surface area contributed by atoms with Crippen LogP contribution in [-0.4, -0.2) is 71.8 Å². The highest BCUT2D eigenvalue weighted by molar-refractivity contribution is 5.91. The molecule has 0 aliphatic carbocycles.